The van der Waals surface area contributed by atoms with Gasteiger partial charge in [0.1, 0.15) is 11.6 Å². The van der Waals surface area contributed by atoms with Crippen LogP contribution in [0.2, 0.25) is 0 Å². The normalized spacial score (nSPS) is 21.6. The molecule has 2 aliphatic rings. The van der Waals surface area contributed by atoms with Crippen LogP contribution < -0.4 is 15.5 Å². The first kappa shape index (κ1) is 15.5. The van der Waals surface area contributed by atoms with E-state index in [1.807, 2.05) is 0 Å². The van der Waals surface area contributed by atoms with Crippen molar-refractivity contribution in [3.8, 4) is 0 Å². The molecule has 0 radical (unpaired) electrons. The zero-order valence-electron chi connectivity index (χ0n) is 13.2. The summed E-state index contributed by atoms with van der Waals surface area (Å²) in [6.07, 6.45) is 3.57. The number of hydrogen-bond donors (Lipinski definition) is 1. The summed E-state index contributed by atoms with van der Waals surface area (Å²) in [5.74, 6) is 0.279. The largest absolute Gasteiger partial charge is 0.469 e. The average molecular weight is 319 g/mol. The van der Waals surface area contributed by atoms with Gasteiger partial charge in [0.2, 0.25) is 11.9 Å². The molecule has 8 nitrogen and oxygen atoms in total. The zero-order chi connectivity index (χ0) is 16.4. The Kier molecular flexibility index (Phi) is 4.31. The number of methoxy groups -OCH3 is 1. The van der Waals surface area contributed by atoms with Crippen molar-refractivity contribution in [2.24, 2.45) is 5.92 Å². The van der Waals surface area contributed by atoms with E-state index in [1.165, 1.54) is 18.4 Å². The minimum atomic E-state index is -0.476. The van der Waals surface area contributed by atoms with Gasteiger partial charge in [0.25, 0.3) is 0 Å². The topological polar surface area (TPSA) is 102 Å². The molecule has 0 spiro atoms. The number of rotatable bonds is 3. The van der Waals surface area contributed by atoms with Gasteiger partial charge in [-0.3, -0.25) is 14.5 Å². The van der Waals surface area contributed by atoms with Crippen molar-refractivity contribution in [1.82, 2.24) is 9.97 Å². The quantitative estimate of drug-likeness (QED) is 0.813. The predicted octanol–water partition coefficient (Wildman–Crippen LogP) is 0.575. The van der Waals surface area contributed by atoms with E-state index in [-0.39, 0.29) is 30.8 Å². The molecular weight excluding hydrogens is 298 g/mol. The molecule has 124 valence electrons. The Morgan fingerprint density at radius 3 is 2.74 bits per heavy atom. The first-order valence-electron chi connectivity index (χ1n) is 7.86. The molecule has 1 atom stereocenters. The van der Waals surface area contributed by atoms with Crippen LogP contribution in [0.3, 0.4) is 0 Å². The Hall–Kier alpha value is -2.38. The lowest BCUT2D eigenvalue weighted by Crippen LogP contribution is -2.32. The minimum Gasteiger partial charge on any atom is -0.469 e. The zero-order valence-corrected chi connectivity index (χ0v) is 13.2. The van der Waals surface area contributed by atoms with E-state index in [2.05, 4.69) is 14.9 Å². The number of amides is 1. The molecule has 23 heavy (non-hydrogen) atoms. The smallest absolute Gasteiger partial charge is 0.311 e. The lowest BCUT2D eigenvalue weighted by Gasteiger charge is -2.28. The van der Waals surface area contributed by atoms with Crippen LogP contribution in [0.15, 0.2) is 6.07 Å². The molecule has 2 aliphatic heterocycles. The molecule has 3 heterocycles. The molecular formula is C15H21N5O3. The molecule has 8 heteroatoms. The SMILES string of the molecule is COC(=O)C1CC(=O)N(c2nc(N)cc(N3CCCCC3)n2)C1. The molecule has 0 aliphatic carbocycles. The number of ether oxygens (including phenoxy) is 1. The van der Waals surface area contributed by atoms with Gasteiger partial charge in [-0.1, -0.05) is 0 Å². The van der Waals surface area contributed by atoms with E-state index in [0.29, 0.717) is 5.82 Å². The molecule has 0 saturated carbocycles. The average Bonchev–Trinajstić information content (AvgIpc) is 2.96. The number of aromatic nitrogens is 2. The molecule has 0 bridgehead atoms. The van der Waals surface area contributed by atoms with Crippen molar-refractivity contribution in [2.45, 2.75) is 25.7 Å². The van der Waals surface area contributed by atoms with Crippen molar-refractivity contribution < 1.29 is 14.3 Å². The molecule has 2 N–H and O–H groups in total. The molecule has 0 aromatic carbocycles. The Bertz CT molecular complexity index is 615. The Balaban J connectivity index is 1.83. The molecule has 1 aromatic rings. The van der Waals surface area contributed by atoms with Gasteiger partial charge in [-0.25, -0.2) is 0 Å². The third-order valence-corrected chi connectivity index (χ3v) is 4.30. The van der Waals surface area contributed by atoms with Crippen LogP contribution in [0, 0.1) is 5.92 Å². The second-order valence-corrected chi connectivity index (χ2v) is 5.93. The summed E-state index contributed by atoms with van der Waals surface area (Å²) in [7, 11) is 1.32. The van der Waals surface area contributed by atoms with Crippen LogP contribution in [0.25, 0.3) is 0 Å². The fourth-order valence-corrected chi connectivity index (χ4v) is 3.07. The summed E-state index contributed by atoms with van der Waals surface area (Å²) in [5, 5.41) is 0. The Morgan fingerprint density at radius 1 is 1.30 bits per heavy atom. The van der Waals surface area contributed by atoms with E-state index in [4.69, 9.17) is 10.5 Å². The third-order valence-electron chi connectivity index (χ3n) is 4.30. The molecule has 1 aromatic heterocycles. The number of nitrogens with two attached hydrogens (primary N) is 1. The first-order chi connectivity index (χ1) is 11.1. The fraction of sp³-hybridized carbons (Fsp3) is 0.600. The molecule has 3 rings (SSSR count). The van der Waals surface area contributed by atoms with E-state index < -0.39 is 5.92 Å². The van der Waals surface area contributed by atoms with E-state index in [9.17, 15) is 9.59 Å². The van der Waals surface area contributed by atoms with Crippen LogP contribution in [-0.2, 0) is 14.3 Å². The molecule has 1 unspecified atom stereocenters. The first-order valence-corrected chi connectivity index (χ1v) is 7.86. The number of anilines is 3. The highest BCUT2D eigenvalue weighted by Crippen LogP contribution is 2.27. The third kappa shape index (κ3) is 3.20. The summed E-state index contributed by atoms with van der Waals surface area (Å²) in [6.45, 7) is 2.08. The van der Waals surface area contributed by atoms with Gasteiger partial charge < -0.3 is 15.4 Å². The lowest BCUT2D eigenvalue weighted by molar-refractivity contribution is -0.145. The highest BCUT2D eigenvalue weighted by atomic mass is 16.5. The van der Waals surface area contributed by atoms with Crippen molar-refractivity contribution in [2.75, 3.05) is 42.3 Å². The monoisotopic (exact) mass is 319 g/mol. The van der Waals surface area contributed by atoms with E-state index >= 15 is 0 Å². The van der Waals surface area contributed by atoms with Crippen molar-refractivity contribution in [1.29, 1.82) is 0 Å². The Labute approximate surface area is 134 Å². The van der Waals surface area contributed by atoms with Crippen LogP contribution in [0.1, 0.15) is 25.7 Å². The highest BCUT2D eigenvalue weighted by molar-refractivity contribution is 5.98. The van der Waals surface area contributed by atoms with Gasteiger partial charge in [0, 0.05) is 32.1 Å². The number of carbonyl (C=O) groups is 2. The van der Waals surface area contributed by atoms with Crippen LogP contribution >= 0.6 is 0 Å². The van der Waals surface area contributed by atoms with Gasteiger partial charge in [0.05, 0.1) is 13.0 Å². The van der Waals surface area contributed by atoms with Crippen LogP contribution in [-0.4, -0.2) is 48.6 Å². The van der Waals surface area contributed by atoms with Gasteiger partial charge in [-0.05, 0) is 19.3 Å². The van der Waals surface area contributed by atoms with E-state index in [1.54, 1.807) is 6.07 Å². The summed E-state index contributed by atoms with van der Waals surface area (Å²) in [6, 6.07) is 1.73. The van der Waals surface area contributed by atoms with Crippen molar-refractivity contribution in [3.63, 3.8) is 0 Å². The second-order valence-electron chi connectivity index (χ2n) is 5.93. The predicted molar refractivity (Wildman–Crippen MR) is 85.0 cm³/mol. The maximum Gasteiger partial charge on any atom is 0.311 e. The van der Waals surface area contributed by atoms with Gasteiger partial charge in [-0.2, -0.15) is 9.97 Å². The van der Waals surface area contributed by atoms with Gasteiger partial charge in [0.15, 0.2) is 0 Å². The summed E-state index contributed by atoms with van der Waals surface area (Å²) in [5.41, 5.74) is 5.89. The summed E-state index contributed by atoms with van der Waals surface area (Å²) < 4.78 is 4.72. The Morgan fingerprint density at radius 2 is 2.04 bits per heavy atom. The molecule has 2 fully saturated rings. The number of carbonyl (C=O) groups excluding carboxylic acids is 2. The number of hydrogen-bond acceptors (Lipinski definition) is 7. The fourth-order valence-electron chi connectivity index (χ4n) is 3.07. The van der Waals surface area contributed by atoms with Crippen LogP contribution in [0.5, 0.6) is 0 Å². The second kappa shape index (κ2) is 6.39. The lowest BCUT2D eigenvalue weighted by atomic mass is 10.1. The molecule has 2 saturated heterocycles. The summed E-state index contributed by atoms with van der Waals surface area (Å²) in [4.78, 5) is 36.1. The van der Waals surface area contributed by atoms with Gasteiger partial charge >= 0.3 is 5.97 Å². The summed E-state index contributed by atoms with van der Waals surface area (Å²) >= 11 is 0. The van der Waals surface area contributed by atoms with Gasteiger partial charge in [-0.15, -0.1) is 0 Å². The highest BCUT2D eigenvalue weighted by Gasteiger charge is 2.37. The van der Waals surface area contributed by atoms with E-state index in [0.717, 1.165) is 31.7 Å². The van der Waals surface area contributed by atoms with Crippen molar-refractivity contribution >= 4 is 29.5 Å². The van der Waals surface area contributed by atoms with Crippen molar-refractivity contribution in [3.05, 3.63) is 6.07 Å². The standard InChI is InChI=1S/C15H21N5O3/c1-23-14(22)10-7-13(21)20(9-10)15-17-11(16)8-12(18-15)19-5-3-2-4-6-19/h8,10H,2-7,9H2,1H3,(H2,16,17,18). The number of nitrogen functional groups attached to an aromatic ring is 1. The minimum absolute atomic E-state index is 0.115. The number of nitrogens with zero attached hydrogens (tertiary/aromatic N) is 4. The maximum atomic E-state index is 12.2. The van der Waals surface area contributed by atoms with Crippen LogP contribution in [0.4, 0.5) is 17.6 Å². The maximum absolute atomic E-state index is 12.2. The number of piperidine rings is 1. The molecule has 1 amide bonds. The number of esters is 1.